The molecule has 2 N–H and O–H groups in total. The first-order valence-electron chi connectivity index (χ1n) is 6.37. The second kappa shape index (κ2) is 7.49. The van der Waals surface area contributed by atoms with Gasteiger partial charge in [0.05, 0.1) is 7.11 Å². The minimum Gasteiger partial charge on any atom is -0.504 e. The first-order valence-corrected chi connectivity index (χ1v) is 6.75. The molecule has 1 aromatic rings. The van der Waals surface area contributed by atoms with Crippen LogP contribution in [0.4, 0.5) is 0 Å². The van der Waals surface area contributed by atoms with Gasteiger partial charge in [0.25, 0.3) is 0 Å². The molecule has 3 nitrogen and oxygen atoms in total. The Hall–Kier alpha value is -0.930. The Morgan fingerprint density at radius 3 is 2.78 bits per heavy atom. The van der Waals surface area contributed by atoms with Crippen LogP contribution in [0.25, 0.3) is 0 Å². The van der Waals surface area contributed by atoms with Gasteiger partial charge in [-0.1, -0.05) is 31.4 Å². The van der Waals surface area contributed by atoms with Gasteiger partial charge < -0.3 is 15.2 Å². The molecule has 0 amide bonds. The molecule has 0 aliphatic rings. The van der Waals surface area contributed by atoms with Gasteiger partial charge in [-0.25, -0.2) is 0 Å². The number of nitrogens with one attached hydrogen (secondary N) is 1. The van der Waals surface area contributed by atoms with E-state index in [0.29, 0.717) is 23.4 Å². The maximum Gasteiger partial charge on any atom is 0.162 e. The minimum atomic E-state index is 0.164. The number of ether oxygens (including phenoxy) is 1. The van der Waals surface area contributed by atoms with Crippen LogP contribution in [-0.4, -0.2) is 18.3 Å². The van der Waals surface area contributed by atoms with Crippen molar-refractivity contribution in [1.29, 1.82) is 0 Å². The number of hydrogen-bond acceptors (Lipinski definition) is 3. The molecule has 0 bridgehead atoms. The molecule has 0 heterocycles. The molecule has 0 fully saturated rings. The van der Waals surface area contributed by atoms with Gasteiger partial charge in [-0.2, -0.15) is 0 Å². The van der Waals surface area contributed by atoms with Crippen LogP contribution in [-0.2, 0) is 6.54 Å². The van der Waals surface area contributed by atoms with E-state index in [9.17, 15) is 5.11 Å². The quantitative estimate of drug-likeness (QED) is 0.794. The minimum absolute atomic E-state index is 0.164. The highest BCUT2D eigenvalue weighted by Gasteiger charge is 2.10. The highest BCUT2D eigenvalue weighted by atomic mass is 35.5. The first kappa shape index (κ1) is 15.1. The molecule has 0 aliphatic carbocycles. The fourth-order valence-corrected chi connectivity index (χ4v) is 2.05. The molecule has 0 spiro atoms. The molecule has 1 rings (SSSR count). The van der Waals surface area contributed by atoms with Gasteiger partial charge in [0.1, 0.15) is 0 Å². The Bertz CT molecular complexity index is 382. The first-order chi connectivity index (χ1) is 8.58. The second-order valence-electron chi connectivity index (χ2n) is 4.54. The zero-order valence-corrected chi connectivity index (χ0v) is 12.0. The van der Waals surface area contributed by atoms with Crippen molar-refractivity contribution in [2.75, 3.05) is 7.11 Å². The van der Waals surface area contributed by atoms with E-state index in [4.69, 9.17) is 16.3 Å². The number of benzene rings is 1. The van der Waals surface area contributed by atoms with Gasteiger partial charge in [-0.3, -0.25) is 0 Å². The Kier molecular flexibility index (Phi) is 6.30. The molecule has 0 radical (unpaired) electrons. The lowest BCUT2D eigenvalue weighted by Gasteiger charge is -2.15. The van der Waals surface area contributed by atoms with Crippen molar-refractivity contribution in [2.45, 2.75) is 45.7 Å². The molecule has 0 aromatic heterocycles. The predicted molar refractivity (Wildman–Crippen MR) is 75.5 cm³/mol. The lowest BCUT2D eigenvalue weighted by Crippen LogP contribution is -2.25. The number of unbranched alkanes of at least 4 members (excludes halogenated alkanes) is 1. The van der Waals surface area contributed by atoms with Gasteiger partial charge >= 0.3 is 0 Å². The fourth-order valence-electron chi connectivity index (χ4n) is 1.82. The Labute approximate surface area is 114 Å². The molecule has 0 aliphatic heterocycles. The van der Waals surface area contributed by atoms with Crippen molar-refractivity contribution in [3.63, 3.8) is 0 Å². The third kappa shape index (κ3) is 4.39. The standard InChI is InChI=1S/C14H22ClNO2/c1-4-5-6-10(2)16-9-11-7-12(15)8-13(18-3)14(11)17/h7-8,10,16-17H,4-6,9H2,1-3H3. The maximum absolute atomic E-state index is 9.98. The average molecular weight is 272 g/mol. The summed E-state index contributed by atoms with van der Waals surface area (Å²) in [5.74, 6) is 0.581. The summed E-state index contributed by atoms with van der Waals surface area (Å²) >= 11 is 5.98. The lowest BCUT2D eigenvalue weighted by molar-refractivity contribution is 0.368. The van der Waals surface area contributed by atoms with Gasteiger partial charge in [-0.05, 0) is 19.4 Å². The SMILES string of the molecule is CCCCC(C)NCc1cc(Cl)cc(OC)c1O. The molecule has 1 unspecified atom stereocenters. The number of methoxy groups -OCH3 is 1. The van der Waals surface area contributed by atoms with Gasteiger partial charge in [0.15, 0.2) is 11.5 Å². The van der Waals surface area contributed by atoms with Crippen LogP contribution in [0.1, 0.15) is 38.7 Å². The number of rotatable bonds is 7. The molecular formula is C14H22ClNO2. The molecule has 1 atom stereocenters. The van der Waals surface area contributed by atoms with Crippen LogP contribution in [0.2, 0.25) is 5.02 Å². The van der Waals surface area contributed by atoms with Crippen LogP contribution in [0.5, 0.6) is 11.5 Å². The highest BCUT2D eigenvalue weighted by Crippen LogP contribution is 2.33. The van der Waals surface area contributed by atoms with E-state index in [1.54, 1.807) is 12.1 Å². The van der Waals surface area contributed by atoms with Crippen molar-refractivity contribution < 1.29 is 9.84 Å². The summed E-state index contributed by atoms with van der Waals surface area (Å²) < 4.78 is 5.08. The van der Waals surface area contributed by atoms with Crippen LogP contribution < -0.4 is 10.1 Å². The fraction of sp³-hybridized carbons (Fsp3) is 0.571. The van der Waals surface area contributed by atoms with E-state index in [-0.39, 0.29) is 5.75 Å². The summed E-state index contributed by atoms with van der Waals surface area (Å²) in [5.41, 5.74) is 0.766. The smallest absolute Gasteiger partial charge is 0.162 e. The summed E-state index contributed by atoms with van der Waals surface area (Å²) in [5, 5.41) is 13.9. The van der Waals surface area contributed by atoms with E-state index < -0.39 is 0 Å². The van der Waals surface area contributed by atoms with Crippen molar-refractivity contribution in [2.24, 2.45) is 0 Å². The summed E-state index contributed by atoms with van der Waals surface area (Å²) in [6.07, 6.45) is 3.54. The Morgan fingerprint density at radius 2 is 2.17 bits per heavy atom. The van der Waals surface area contributed by atoms with Crippen LogP contribution in [0, 0.1) is 0 Å². The van der Waals surface area contributed by atoms with Crippen molar-refractivity contribution in [3.8, 4) is 11.5 Å². The van der Waals surface area contributed by atoms with Gasteiger partial charge in [0.2, 0.25) is 0 Å². The number of aromatic hydroxyl groups is 1. The molecule has 0 saturated heterocycles. The topological polar surface area (TPSA) is 41.5 Å². The second-order valence-corrected chi connectivity index (χ2v) is 4.98. The molecule has 1 aromatic carbocycles. The molecular weight excluding hydrogens is 250 g/mol. The van der Waals surface area contributed by atoms with Crippen molar-refractivity contribution in [1.82, 2.24) is 5.32 Å². The van der Waals surface area contributed by atoms with Crippen molar-refractivity contribution in [3.05, 3.63) is 22.7 Å². The number of hydrogen-bond donors (Lipinski definition) is 2. The summed E-state index contributed by atoms with van der Waals surface area (Å²) in [6.45, 7) is 4.92. The normalized spacial score (nSPS) is 12.4. The zero-order chi connectivity index (χ0) is 13.5. The predicted octanol–water partition coefficient (Wildman–Crippen LogP) is 3.72. The number of halogens is 1. The van der Waals surface area contributed by atoms with E-state index in [1.165, 1.54) is 20.0 Å². The van der Waals surface area contributed by atoms with E-state index in [1.807, 2.05) is 0 Å². The van der Waals surface area contributed by atoms with Gasteiger partial charge in [-0.15, -0.1) is 0 Å². The third-order valence-electron chi connectivity index (χ3n) is 2.97. The summed E-state index contributed by atoms with van der Waals surface area (Å²) in [7, 11) is 1.52. The monoisotopic (exact) mass is 271 g/mol. The van der Waals surface area contributed by atoms with Crippen LogP contribution >= 0.6 is 11.6 Å². The number of phenols is 1. The third-order valence-corrected chi connectivity index (χ3v) is 3.19. The lowest BCUT2D eigenvalue weighted by atomic mass is 10.1. The molecule has 0 saturated carbocycles. The average Bonchev–Trinajstić information content (AvgIpc) is 2.36. The zero-order valence-electron chi connectivity index (χ0n) is 11.3. The van der Waals surface area contributed by atoms with E-state index >= 15 is 0 Å². The van der Waals surface area contributed by atoms with Crippen molar-refractivity contribution >= 4 is 11.6 Å². The molecule has 4 heteroatoms. The Morgan fingerprint density at radius 1 is 1.44 bits per heavy atom. The largest absolute Gasteiger partial charge is 0.504 e. The highest BCUT2D eigenvalue weighted by molar-refractivity contribution is 6.30. The molecule has 102 valence electrons. The van der Waals surface area contributed by atoms with Crippen LogP contribution in [0.3, 0.4) is 0 Å². The number of phenolic OH excluding ortho intramolecular Hbond substituents is 1. The maximum atomic E-state index is 9.98. The summed E-state index contributed by atoms with van der Waals surface area (Å²) in [4.78, 5) is 0. The Balaban J connectivity index is 2.64. The molecule has 18 heavy (non-hydrogen) atoms. The van der Waals surface area contributed by atoms with E-state index in [0.717, 1.165) is 12.0 Å². The summed E-state index contributed by atoms with van der Waals surface area (Å²) in [6, 6.07) is 3.80. The van der Waals surface area contributed by atoms with Crippen LogP contribution in [0.15, 0.2) is 12.1 Å². The van der Waals surface area contributed by atoms with Gasteiger partial charge in [0, 0.05) is 29.2 Å². The van der Waals surface area contributed by atoms with E-state index in [2.05, 4.69) is 19.2 Å².